The van der Waals surface area contributed by atoms with Crippen molar-refractivity contribution in [3.05, 3.63) is 59.8 Å². The van der Waals surface area contributed by atoms with Crippen LogP contribution in [0.1, 0.15) is 11.4 Å². The second-order valence-corrected chi connectivity index (χ2v) is 6.71. The van der Waals surface area contributed by atoms with Gasteiger partial charge in [0, 0.05) is 12.6 Å². The van der Waals surface area contributed by atoms with E-state index in [2.05, 4.69) is 30.1 Å². The fourth-order valence-electron chi connectivity index (χ4n) is 3.08. The molecule has 182 valence electrons. The van der Waals surface area contributed by atoms with Crippen molar-refractivity contribution in [3.63, 3.8) is 0 Å². The molecule has 0 saturated carbocycles. The fraction of sp³-hybridized carbons (Fsp3) is 0.143. The van der Waals surface area contributed by atoms with Crippen LogP contribution in [0.2, 0.25) is 0 Å². The van der Waals surface area contributed by atoms with Crippen LogP contribution in [0, 0.1) is 5.82 Å². The minimum atomic E-state index is -0.943. The number of alkyl halides is 1. The lowest BCUT2D eigenvalue weighted by Gasteiger charge is -2.10. The van der Waals surface area contributed by atoms with E-state index < -0.39 is 19.4 Å². The third-order valence-corrected chi connectivity index (χ3v) is 4.50. The van der Waals surface area contributed by atoms with E-state index in [1.165, 1.54) is 6.07 Å². The van der Waals surface area contributed by atoms with Crippen molar-refractivity contribution >= 4 is 35.4 Å². The first-order valence-electron chi connectivity index (χ1n) is 9.96. The van der Waals surface area contributed by atoms with Gasteiger partial charge in [-0.3, -0.25) is 10.1 Å². The number of nitrogens with two attached hydrogens (primary N) is 2. The third-order valence-electron chi connectivity index (χ3n) is 4.50. The van der Waals surface area contributed by atoms with E-state index in [0.717, 1.165) is 0 Å². The molecule has 4 rings (SSSR count). The molecule has 0 unspecified atom stereocenters. The zero-order valence-corrected chi connectivity index (χ0v) is 18.1. The first-order valence-corrected chi connectivity index (χ1v) is 9.96. The first kappa shape index (κ1) is 24.8. The van der Waals surface area contributed by atoms with Crippen LogP contribution in [0.25, 0.3) is 17.0 Å². The maximum atomic E-state index is 14.2. The van der Waals surface area contributed by atoms with Crippen LogP contribution in [0.3, 0.4) is 0 Å². The number of halogens is 2. The maximum absolute atomic E-state index is 14.2. The first-order chi connectivity index (χ1) is 16.9. The number of carbonyl (C=O) groups excluding carboxylic acids is 1. The lowest BCUT2D eigenvalue weighted by atomic mass is 10.1. The van der Waals surface area contributed by atoms with Crippen LogP contribution in [-0.2, 0) is 16.0 Å². The number of imidazole rings is 1. The van der Waals surface area contributed by atoms with Gasteiger partial charge in [-0.15, -0.1) is 0 Å². The Morgan fingerprint density at radius 2 is 1.83 bits per heavy atom. The summed E-state index contributed by atoms with van der Waals surface area (Å²) in [4.78, 5) is 33.0. The fourth-order valence-corrected chi connectivity index (χ4v) is 3.08. The van der Waals surface area contributed by atoms with Gasteiger partial charge in [-0.2, -0.15) is 5.10 Å². The summed E-state index contributed by atoms with van der Waals surface area (Å²) in [6.07, 6.45) is 0.806. The van der Waals surface area contributed by atoms with Crippen molar-refractivity contribution < 1.29 is 28.2 Å². The minimum absolute atomic E-state index is 0.0640. The number of nitrogens with zero attached hydrogens (tertiary/aromatic N) is 5. The van der Waals surface area contributed by atoms with Gasteiger partial charge in [0.1, 0.15) is 36.3 Å². The number of nitrogen functional groups attached to an aromatic ring is 2. The summed E-state index contributed by atoms with van der Waals surface area (Å²) in [5, 5.41) is 13.5. The number of benzene rings is 1. The van der Waals surface area contributed by atoms with Gasteiger partial charge in [0.2, 0.25) is 0 Å². The number of carbonyl (C=O) groups is 2. The molecule has 0 aliphatic heterocycles. The molecule has 0 radical (unpaired) electrons. The van der Waals surface area contributed by atoms with Gasteiger partial charge in [0.15, 0.2) is 17.5 Å². The molecular formula is C21H20F2N8O4. The zero-order chi connectivity index (χ0) is 25.4. The normalized spacial score (nSPS) is 10.3. The largest absolute Gasteiger partial charge is 0.483 e. The van der Waals surface area contributed by atoms with Gasteiger partial charge in [-0.05, 0) is 23.8 Å². The van der Waals surface area contributed by atoms with E-state index >= 15 is 0 Å². The van der Waals surface area contributed by atoms with Gasteiger partial charge in [0.05, 0.1) is 5.52 Å². The summed E-state index contributed by atoms with van der Waals surface area (Å²) in [5.74, 6) is -0.0799. The average Bonchev–Trinajstić information content (AvgIpc) is 3.20. The summed E-state index contributed by atoms with van der Waals surface area (Å²) in [7, 11) is 0. The molecule has 3 aromatic heterocycles. The molecule has 4 aromatic rings. The van der Waals surface area contributed by atoms with Crippen molar-refractivity contribution in [1.29, 1.82) is 0 Å². The molecule has 0 bridgehead atoms. The highest BCUT2D eigenvalue weighted by Crippen LogP contribution is 2.29. The molecule has 35 heavy (non-hydrogen) atoms. The van der Waals surface area contributed by atoms with Crippen LogP contribution in [0.4, 0.5) is 30.9 Å². The molecule has 3 heterocycles. The van der Waals surface area contributed by atoms with E-state index in [-0.39, 0.29) is 41.9 Å². The highest BCUT2D eigenvalue weighted by molar-refractivity contribution is 5.93. The molecule has 0 fully saturated rings. The van der Waals surface area contributed by atoms with Crippen LogP contribution in [0.5, 0.6) is 0 Å². The van der Waals surface area contributed by atoms with Crippen molar-refractivity contribution in [2.45, 2.75) is 6.42 Å². The van der Waals surface area contributed by atoms with Crippen LogP contribution in [-0.4, -0.2) is 55.5 Å². The lowest BCUT2D eigenvalue weighted by Crippen LogP contribution is -2.18. The smallest absolute Gasteiger partial charge is 0.411 e. The minimum Gasteiger partial charge on any atom is -0.483 e. The maximum Gasteiger partial charge on any atom is 0.411 e. The topological polar surface area (TPSA) is 184 Å². The SMILES string of the molecule is Nc1nc(-c2nc(Cc3ccccc3F)n3ncccc23)nc(N)c1NC(=O)OCCF.O=CO. The van der Waals surface area contributed by atoms with E-state index in [9.17, 15) is 13.6 Å². The molecule has 0 spiro atoms. The summed E-state index contributed by atoms with van der Waals surface area (Å²) < 4.78 is 32.5. The Labute approximate surface area is 196 Å². The molecule has 6 N–H and O–H groups in total. The Kier molecular flexibility index (Phi) is 8.00. The van der Waals surface area contributed by atoms with Gasteiger partial charge in [-0.1, -0.05) is 18.2 Å². The van der Waals surface area contributed by atoms with Crippen LogP contribution in [0.15, 0.2) is 42.6 Å². The second kappa shape index (κ2) is 11.3. The third kappa shape index (κ3) is 5.73. The summed E-state index contributed by atoms with van der Waals surface area (Å²) in [5.41, 5.74) is 13.2. The van der Waals surface area contributed by atoms with Crippen molar-refractivity contribution in [1.82, 2.24) is 24.6 Å². The predicted octanol–water partition coefficient (Wildman–Crippen LogP) is 2.30. The van der Waals surface area contributed by atoms with E-state index in [1.807, 2.05) is 0 Å². The molecule has 12 nitrogen and oxygen atoms in total. The van der Waals surface area contributed by atoms with Gasteiger partial charge < -0.3 is 21.3 Å². The number of nitrogens with one attached hydrogen (secondary N) is 1. The number of ether oxygens (including phenoxy) is 1. The Hall–Kier alpha value is -4.88. The zero-order valence-electron chi connectivity index (χ0n) is 18.1. The molecular weight excluding hydrogens is 466 g/mol. The lowest BCUT2D eigenvalue weighted by molar-refractivity contribution is -0.122. The van der Waals surface area contributed by atoms with Gasteiger partial charge in [0.25, 0.3) is 6.47 Å². The van der Waals surface area contributed by atoms with Crippen molar-refractivity contribution in [3.8, 4) is 11.5 Å². The summed E-state index contributed by atoms with van der Waals surface area (Å²) in [6, 6.07) is 9.82. The molecule has 0 atom stereocenters. The van der Waals surface area contributed by atoms with Crippen molar-refractivity contribution in [2.75, 3.05) is 30.1 Å². The monoisotopic (exact) mass is 486 g/mol. The van der Waals surface area contributed by atoms with E-state index in [0.29, 0.717) is 22.6 Å². The summed E-state index contributed by atoms with van der Waals surface area (Å²) in [6.45, 7) is -1.49. The average molecular weight is 486 g/mol. The highest BCUT2D eigenvalue weighted by atomic mass is 19.1. The van der Waals surface area contributed by atoms with Crippen LogP contribution < -0.4 is 16.8 Å². The predicted molar refractivity (Wildman–Crippen MR) is 122 cm³/mol. The quantitative estimate of drug-likeness (QED) is 0.295. The molecule has 1 aromatic carbocycles. The molecule has 0 aliphatic carbocycles. The number of anilines is 3. The number of fused-ring (bicyclic) bond motifs is 1. The Morgan fingerprint density at radius 3 is 2.49 bits per heavy atom. The number of carboxylic acid groups (broad SMARTS) is 1. The number of hydrogen-bond acceptors (Lipinski definition) is 9. The van der Waals surface area contributed by atoms with Gasteiger partial charge >= 0.3 is 6.09 Å². The highest BCUT2D eigenvalue weighted by Gasteiger charge is 2.20. The number of amides is 1. The molecule has 0 saturated heterocycles. The van der Waals surface area contributed by atoms with E-state index in [4.69, 9.17) is 21.4 Å². The standard InChI is InChI=1S/C20H18F2N8O2.CH2O2/c21-7-9-32-20(31)27-16-17(23)28-19(29-18(16)24)15-13-6-3-8-25-30(13)14(26-15)10-11-4-1-2-5-12(11)22;2-1-3/h1-6,8H,7,9-10H2,(H,27,31)(H4,23,24,28,29);1H,(H,2,3). The van der Waals surface area contributed by atoms with Crippen LogP contribution >= 0.6 is 0 Å². The molecule has 0 aliphatic rings. The molecule has 1 amide bonds. The van der Waals surface area contributed by atoms with Crippen molar-refractivity contribution in [2.24, 2.45) is 0 Å². The second-order valence-electron chi connectivity index (χ2n) is 6.71. The van der Waals surface area contributed by atoms with Gasteiger partial charge in [-0.25, -0.2) is 33.0 Å². The van der Waals surface area contributed by atoms with E-state index in [1.54, 1.807) is 41.0 Å². The number of hydrogen-bond donors (Lipinski definition) is 4. The molecule has 14 heteroatoms. The Bertz CT molecular complexity index is 1330. The number of rotatable bonds is 6. The Balaban J connectivity index is 0.00000108. The summed E-state index contributed by atoms with van der Waals surface area (Å²) >= 11 is 0. The number of aromatic nitrogens is 5. The Morgan fingerprint density at radius 1 is 1.14 bits per heavy atom.